The molecule has 4 aromatic rings. The van der Waals surface area contributed by atoms with E-state index in [0.29, 0.717) is 34.1 Å². The number of amides is 3. The number of aromatic nitrogens is 1. The normalized spacial score (nSPS) is 12.8. The summed E-state index contributed by atoms with van der Waals surface area (Å²) >= 11 is 1.36. The fourth-order valence-corrected chi connectivity index (χ4v) is 4.51. The van der Waals surface area contributed by atoms with Gasteiger partial charge in [0.1, 0.15) is 5.75 Å². The van der Waals surface area contributed by atoms with Crippen LogP contribution in [0.2, 0.25) is 0 Å². The van der Waals surface area contributed by atoms with Gasteiger partial charge in [0.05, 0.1) is 33.6 Å². The number of imide groups is 1. The lowest BCUT2D eigenvalue weighted by Crippen LogP contribution is -2.29. The summed E-state index contributed by atoms with van der Waals surface area (Å²) in [6, 6.07) is 18.7. The Labute approximate surface area is 193 Å². The van der Waals surface area contributed by atoms with E-state index >= 15 is 0 Å². The van der Waals surface area contributed by atoms with E-state index in [1.807, 2.05) is 25.1 Å². The third-order valence-electron chi connectivity index (χ3n) is 5.23. The third kappa shape index (κ3) is 3.85. The highest BCUT2D eigenvalue weighted by Crippen LogP contribution is 2.31. The molecule has 33 heavy (non-hydrogen) atoms. The number of carbonyl (C=O) groups excluding carboxylic acids is 3. The molecule has 0 atom stereocenters. The molecule has 8 heteroatoms. The van der Waals surface area contributed by atoms with Gasteiger partial charge in [0.2, 0.25) is 0 Å². The van der Waals surface area contributed by atoms with Gasteiger partial charge in [-0.1, -0.05) is 30.4 Å². The number of anilines is 2. The van der Waals surface area contributed by atoms with Crippen LogP contribution in [-0.2, 0) is 0 Å². The number of hydrogen-bond donors (Lipinski definition) is 1. The zero-order valence-electron chi connectivity index (χ0n) is 17.7. The Morgan fingerprint density at radius 1 is 1.00 bits per heavy atom. The van der Waals surface area contributed by atoms with Crippen LogP contribution in [0, 0.1) is 0 Å². The Balaban J connectivity index is 1.31. The van der Waals surface area contributed by atoms with Crippen molar-refractivity contribution in [3.63, 3.8) is 0 Å². The summed E-state index contributed by atoms with van der Waals surface area (Å²) in [5.74, 6) is -0.297. The first-order chi connectivity index (χ1) is 16.0. The van der Waals surface area contributed by atoms with Gasteiger partial charge in [0, 0.05) is 5.56 Å². The summed E-state index contributed by atoms with van der Waals surface area (Å²) in [4.78, 5) is 43.6. The predicted octanol–water partition coefficient (Wildman–Crippen LogP) is 5.14. The van der Waals surface area contributed by atoms with Crippen molar-refractivity contribution in [1.29, 1.82) is 0 Å². The second-order valence-electron chi connectivity index (χ2n) is 7.49. The number of nitrogens with one attached hydrogen (secondary N) is 1. The molecule has 0 radical (unpaired) electrons. The fourth-order valence-electron chi connectivity index (χ4n) is 3.62. The van der Waals surface area contributed by atoms with Gasteiger partial charge in [-0.2, -0.15) is 0 Å². The van der Waals surface area contributed by atoms with Crippen LogP contribution in [0.5, 0.6) is 5.75 Å². The highest BCUT2D eigenvalue weighted by atomic mass is 32.1. The largest absolute Gasteiger partial charge is 0.494 e. The number of carbonyl (C=O) groups is 3. The van der Waals surface area contributed by atoms with Crippen molar-refractivity contribution in [2.24, 2.45) is 0 Å². The molecule has 0 bridgehead atoms. The first-order valence-electron chi connectivity index (χ1n) is 10.5. The van der Waals surface area contributed by atoms with Crippen LogP contribution in [0.4, 0.5) is 10.8 Å². The highest BCUT2D eigenvalue weighted by molar-refractivity contribution is 7.22. The maximum atomic E-state index is 12.7. The second kappa shape index (κ2) is 8.48. The standard InChI is InChI=1S/C25H19N3O4S/c1-2-13-32-17-11-12-20-21(14-17)33-25(26-20)27-22(29)15-7-9-16(10-8-15)28-23(30)18-5-3-4-6-19(18)24(28)31/h3-12,14H,2,13H2,1H3,(H,26,27,29). The number of ether oxygens (including phenoxy) is 1. The van der Waals surface area contributed by atoms with Gasteiger partial charge in [-0.3, -0.25) is 19.7 Å². The predicted molar refractivity (Wildman–Crippen MR) is 127 cm³/mol. The molecule has 2 heterocycles. The van der Waals surface area contributed by atoms with Crippen LogP contribution in [-0.4, -0.2) is 29.3 Å². The Bertz CT molecular complexity index is 1360. The maximum Gasteiger partial charge on any atom is 0.266 e. The van der Waals surface area contributed by atoms with Crippen LogP contribution in [0.3, 0.4) is 0 Å². The van der Waals surface area contributed by atoms with Crippen molar-refractivity contribution in [3.05, 3.63) is 83.4 Å². The molecular weight excluding hydrogens is 438 g/mol. The molecule has 0 saturated carbocycles. The zero-order chi connectivity index (χ0) is 22.9. The van der Waals surface area contributed by atoms with Crippen molar-refractivity contribution in [2.45, 2.75) is 13.3 Å². The van der Waals surface area contributed by atoms with Crippen LogP contribution < -0.4 is 15.0 Å². The van der Waals surface area contributed by atoms with Crippen molar-refractivity contribution in [3.8, 4) is 5.75 Å². The summed E-state index contributed by atoms with van der Waals surface area (Å²) in [6.07, 6.45) is 0.924. The minimum atomic E-state index is -0.371. The van der Waals surface area contributed by atoms with Gasteiger partial charge in [-0.15, -0.1) is 0 Å². The van der Waals surface area contributed by atoms with Gasteiger partial charge in [-0.05, 0) is 61.0 Å². The number of fused-ring (bicyclic) bond motifs is 2. The average molecular weight is 458 g/mol. The molecule has 0 saturated heterocycles. The summed E-state index contributed by atoms with van der Waals surface area (Å²) in [6.45, 7) is 2.69. The SMILES string of the molecule is CCCOc1ccc2nc(NC(=O)c3ccc(N4C(=O)c5ccccc5C4=O)cc3)sc2c1. The quantitative estimate of drug-likeness (QED) is 0.405. The van der Waals surface area contributed by atoms with E-state index in [9.17, 15) is 14.4 Å². The molecule has 1 N–H and O–H groups in total. The van der Waals surface area contributed by atoms with Crippen LogP contribution in [0.15, 0.2) is 66.7 Å². The van der Waals surface area contributed by atoms with Gasteiger partial charge >= 0.3 is 0 Å². The van der Waals surface area contributed by atoms with E-state index in [4.69, 9.17) is 4.74 Å². The number of rotatable bonds is 6. The molecule has 1 aliphatic rings. The molecule has 5 rings (SSSR count). The molecule has 0 spiro atoms. The summed E-state index contributed by atoms with van der Waals surface area (Å²) in [5, 5.41) is 3.29. The molecule has 0 unspecified atom stereocenters. The minimum Gasteiger partial charge on any atom is -0.494 e. The van der Waals surface area contributed by atoms with E-state index < -0.39 is 0 Å². The summed E-state index contributed by atoms with van der Waals surface area (Å²) in [5.41, 5.74) is 2.34. The van der Waals surface area contributed by atoms with Gasteiger partial charge in [0.25, 0.3) is 17.7 Å². The zero-order valence-corrected chi connectivity index (χ0v) is 18.5. The van der Waals surface area contributed by atoms with E-state index in [-0.39, 0.29) is 17.7 Å². The van der Waals surface area contributed by atoms with Gasteiger partial charge in [-0.25, -0.2) is 9.88 Å². The highest BCUT2D eigenvalue weighted by Gasteiger charge is 2.36. The topological polar surface area (TPSA) is 88.6 Å². The lowest BCUT2D eigenvalue weighted by Gasteiger charge is -2.14. The van der Waals surface area contributed by atoms with Crippen LogP contribution in [0.25, 0.3) is 10.2 Å². The maximum absolute atomic E-state index is 12.7. The van der Waals surface area contributed by atoms with Crippen LogP contribution in [0.1, 0.15) is 44.4 Å². The first kappa shape index (κ1) is 20.8. The second-order valence-corrected chi connectivity index (χ2v) is 8.52. The molecule has 1 aliphatic heterocycles. The fraction of sp³-hybridized carbons (Fsp3) is 0.120. The van der Waals surface area contributed by atoms with Gasteiger partial charge in [0.15, 0.2) is 5.13 Å². The van der Waals surface area contributed by atoms with Crippen molar-refractivity contribution >= 4 is 50.1 Å². The number of benzene rings is 3. The Morgan fingerprint density at radius 2 is 1.70 bits per heavy atom. The van der Waals surface area contributed by atoms with E-state index in [1.54, 1.807) is 48.5 Å². The van der Waals surface area contributed by atoms with Gasteiger partial charge < -0.3 is 4.74 Å². The van der Waals surface area contributed by atoms with E-state index in [1.165, 1.54) is 11.3 Å². The molecule has 0 aliphatic carbocycles. The average Bonchev–Trinajstić information content (AvgIpc) is 3.35. The molecule has 3 aromatic carbocycles. The third-order valence-corrected chi connectivity index (χ3v) is 6.17. The Kier molecular flexibility index (Phi) is 5.35. The lowest BCUT2D eigenvalue weighted by atomic mass is 10.1. The number of thiazole rings is 1. The molecule has 1 aromatic heterocycles. The number of hydrogen-bond acceptors (Lipinski definition) is 6. The summed E-state index contributed by atoms with van der Waals surface area (Å²) < 4.78 is 6.57. The smallest absolute Gasteiger partial charge is 0.266 e. The molecule has 0 fully saturated rings. The molecule has 3 amide bonds. The lowest BCUT2D eigenvalue weighted by molar-refractivity contribution is 0.0925. The summed E-state index contributed by atoms with van der Waals surface area (Å²) in [7, 11) is 0. The molecular formula is C25H19N3O4S. The van der Waals surface area contributed by atoms with Crippen molar-refractivity contribution in [1.82, 2.24) is 4.98 Å². The van der Waals surface area contributed by atoms with E-state index in [2.05, 4.69) is 10.3 Å². The number of nitrogens with zero attached hydrogens (tertiary/aromatic N) is 2. The first-order valence-corrected chi connectivity index (χ1v) is 11.3. The molecule has 164 valence electrons. The van der Waals surface area contributed by atoms with Crippen molar-refractivity contribution < 1.29 is 19.1 Å². The minimum absolute atomic E-state index is 0.328. The van der Waals surface area contributed by atoms with E-state index in [0.717, 1.165) is 27.3 Å². The Morgan fingerprint density at radius 3 is 2.36 bits per heavy atom. The monoisotopic (exact) mass is 457 g/mol. The van der Waals surface area contributed by atoms with Crippen LogP contribution >= 0.6 is 11.3 Å². The Hall–Kier alpha value is -4.04. The molecule has 7 nitrogen and oxygen atoms in total. The van der Waals surface area contributed by atoms with Crippen molar-refractivity contribution in [2.75, 3.05) is 16.8 Å².